The van der Waals surface area contributed by atoms with E-state index in [-0.39, 0.29) is 25.7 Å². The van der Waals surface area contributed by atoms with E-state index in [1.165, 1.54) is 0 Å². The van der Waals surface area contributed by atoms with Crippen LogP contribution in [0.25, 0.3) is 0 Å². The van der Waals surface area contributed by atoms with Gasteiger partial charge < -0.3 is 5.11 Å². The maximum atomic E-state index is 14.0. The van der Waals surface area contributed by atoms with Crippen LogP contribution >= 0.6 is 0 Å². The quantitative estimate of drug-likeness (QED) is 0.257. The highest BCUT2D eigenvalue weighted by atomic mass is 19.4. The minimum Gasteiger partial charge on any atom is -0.390 e. The largest absolute Gasteiger partial charge is 0.459 e. The van der Waals surface area contributed by atoms with Crippen molar-refractivity contribution in [2.45, 2.75) is 94.8 Å². The predicted octanol–water partition coefficient (Wildman–Crippen LogP) is 7.32. The maximum Gasteiger partial charge on any atom is 0.459 e. The van der Waals surface area contributed by atoms with Gasteiger partial charge in [0.15, 0.2) is 0 Å². The second-order valence-corrected chi connectivity index (χ2v) is 7.68. The number of alkyl halides is 7. The van der Waals surface area contributed by atoms with Crippen LogP contribution in [-0.4, -0.2) is 28.7 Å². The Morgan fingerprint density at radius 1 is 0.759 bits per heavy atom. The third kappa shape index (κ3) is 7.79. The SMILES string of the molecule is CCCCCCCCC(O)(CCc1ccccc1)CC(F)(F)C(F)(F)C(F)(F)F. The van der Waals surface area contributed by atoms with E-state index in [0.717, 1.165) is 25.7 Å². The summed E-state index contributed by atoms with van der Waals surface area (Å²) in [6.07, 6.45) is -4.23. The minimum atomic E-state index is -6.39. The standard InChI is InChI=1S/C21H29F7O/c1-2-3-4-5-6-10-14-18(29,15-13-17-11-8-7-9-12-17)16-19(22,23)20(24,25)21(26,27)28/h7-9,11-12,29H,2-6,10,13-16H2,1H3. The van der Waals surface area contributed by atoms with E-state index in [4.69, 9.17) is 0 Å². The van der Waals surface area contributed by atoms with Gasteiger partial charge in [0.05, 0.1) is 5.60 Å². The van der Waals surface area contributed by atoms with Crippen LogP contribution in [0.5, 0.6) is 0 Å². The van der Waals surface area contributed by atoms with Gasteiger partial charge in [0.1, 0.15) is 0 Å². The molecule has 0 amide bonds. The molecule has 0 aromatic heterocycles. The van der Waals surface area contributed by atoms with Crippen LogP contribution in [0.15, 0.2) is 30.3 Å². The summed E-state index contributed by atoms with van der Waals surface area (Å²) >= 11 is 0. The van der Waals surface area contributed by atoms with E-state index in [1.54, 1.807) is 30.3 Å². The monoisotopic (exact) mass is 430 g/mol. The van der Waals surface area contributed by atoms with Gasteiger partial charge in [0.2, 0.25) is 0 Å². The zero-order chi connectivity index (χ0) is 22.2. The summed E-state index contributed by atoms with van der Waals surface area (Å²) in [4.78, 5) is 0. The molecule has 1 aromatic carbocycles. The first-order chi connectivity index (χ1) is 13.3. The van der Waals surface area contributed by atoms with E-state index >= 15 is 0 Å². The van der Waals surface area contributed by atoms with Crippen molar-refractivity contribution in [3.8, 4) is 0 Å². The first-order valence-electron chi connectivity index (χ1n) is 9.93. The van der Waals surface area contributed by atoms with Crippen LogP contribution in [0.3, 0.4) is 0 Å². The van der Waals surface area contributed by atoms with Crippen LogP contribution < -0.4 is 0 Å². The molecule has 1 rings (SSSR count). The highest BCUT2D eigenvalue weighted by Gasteiger charge is 2.73. The third-order valence-electron chi connectivity index (χ3n) is 5.08. The fraction of sp³-hybridized carbons (Fsp3) is 0.714. The van der Waals surface area contributed by atoms with Crippen LogP contribution in [0.4, 0.5) is 30.7 Å². The number of rotatable bonds is 13. The molecule has 0 aliphatic rings. The smallest absolute Gasteiger partial charge is 0.390 e. The van der Waals surface area contributed by atoms with E-state index in [2.05, 4.69) is 0 Å². The number of aliphatic hydroxyl groups is 1. The minimum absolute atomic E-state index is 0.0981. The van der Waals surface area contributed by atoms with Gasteiger partial charge in [-0.2, -0.15) is 30.7 Å². The fourth-order valence-corrected chi connectivity index (χ4v) is 3.29. The molecule has 1 nitrogen and oxygen atoms in total. The molecule has 168 valence electrons. The molecule has 8 heteroatoms. The lowest BCUT2D eigenvalue weighted by Crippen LogP contribution is -2.55. The molecule has 0 spiro atoms. The maximum absolute atomic E-state index is 14.0. The molecule has 0 fully saturated rings. The molecule has 0 saturated carbocycles. The first-order valence-corrected chi connectivity index (χ1v) is 9.93. The zero-order valence-corrected chi connectivity index (χ0v) is 16.6. The van der Waals surface area contributed by atoms with E-state index in [9.17, 15) is 35.8 Å². The van der Waals surface area contributed by atoms with Gasteiger partial charge in [0.25, 0.3) is 0 Å². The van der Waals surface area contributed by atoms with Crippen LogP contribution in [0, 0.1) is 0 Å². The van der Waals surface area contributed by atoms with Gasteiger partial charge >= 0.3 is 18.0 Å². The molecule has 1 aromatic rings. The van der Waals surface area contributed by atoms with Gasteiger partial charge in [0, 0.05) is 6.42 Å². The Morgan fingerprint density at radius 3 is 1.86 bits per heavy atom. The van der Waals surface area contributed by atoms with Crippen molar-refractivity contribution >= 4 is 0 Å². The molecule has 0 radical (unpaired) electrons. The van der Waals surface area contributed by atoms with Crippen molar-refractivity contribution in [3.05, 3.63) is 35.9 Å². The fourth-order valence-electron chi connectivity index (χ4n) is 3.29. The van der Waals surface area contributed by atoms with E-state index in [1.807, 2.05) is 6.92 Å². The summed E-state index contributed by atoms with van der Waals surface area (Å²) < 4.78 is 92.0. The van der Waals surface area contributed by atoms with Gasteiger partial charge in [-0.15, -0.1) is 0 Å². The molecular weight excluding hydrogens is 401 g/mol. The van der Waals surface area contributed by atoms with Crippen molar-refractivity contribution in [2.24, 2.45) is 0 Å². The molecule has 0 aliphatic carbocycles. The average molecular weight is 430 g/mol. The third-order valence-corrected chi connectivity index (χ3v) is 5.08. The Kier molecular flexibility index (Phi) is 9.44. The predicted molar refractivity (Wildman–Crippen MR) is 98.3 cm³/mol. The number of hydrogen-bond acceptors (Lipinski definition) is 1. The summed E-state index contributed by atoms with van der Waals surface area (Å²) in [6.45, 7) is 2.02. The van der Waals surface area contributed by atoms with Crippen molar-refractivity contribution in [1.82, 2.24) is 0 Å². The van der Waals surface area contributed by atoms with Gasteiger partial charge in [-0.1, -0.05) is 75.8 Å². The normalized spacial score (nSPS) is 15.3. The van der Waals surface area contributed by atoms with Crippen molar-refractivity contribution < 1.29 is 35.8 Å². The Bertz CT molecular complexity index is 586. The second-order valence-electron chi connectivity index (χ2n) is 7.68. The molecule has 1 unspecified atom stereocenters. The number of benzene rings is 1. The van der Waals surface area contributed by atoms with Crippen LogP contribution in [0.2, 0.25) is 0 Å². The summed E-state index contributed by atoms with van der Waals surface area (Å²) in [6, 6.07) is 8.45. The molecule has 1 atom stereocenters. The van der Waals surface area contributed by atoms with E-state index < -0.39 is 30.0 Å². The van der Waals surface area contributed by atoms with Crippen LogP contribution in [0.1, 0.15) is 70.3 Å². The average Bonchev–Trinajstić information content (AvgIpc) is 2.62. The molecule has 0 aliphatic heterocycles. The second kappa shape index (κ2) is 10.6. The first kappa shape index (κ1) is 25.7. The molecule has 0 heterocycles. The Hall–Kier alpha value is -1.31. The zero-order valence-electron chi connectivity index (χ0n) is 16.6. The van der Waals surface area contributed by atoms with Gasteiger partial charge in [-0.05, 0) is 24.8 Å². The molecule has 0 bridgehead atoms. The van der Waals surface area contributed by atoms with Crippen LogP contribution in [-0.2, 0) is 6.42 Å². The summed E-state index contributed by atoms with van der Waals surface area (Å²) in [5.74, 6) is -11.6. The summed E-state index contributed by atoms with van der Waals surface area (Å²) in [5.41, 5.74) is -1.64. The Morgan fingerprint density at radius 2 is 1.31 bits per heavy atom. The van der Waals surface area contributed by atoms with E-state index in [0.29, 0.717) is 12.0 Å². The molecular formula is C21H29F7O. The Balaban J connectivity index is 2.87. The van der Waals surface area contributed by atoms with Gasteiger partial charge in [-0.25, -0.2) is 0 Å². The summed E-state index contributed by atoms with van der Waals surface area (Å²) in [5, 5.41) is 10.7. The lowest BCUT2D eigenvalue weighted by atomic mass is 9.83. The molecule has 29 heavy (non-hydrogen) atoms. The topological polar surface area (TPSA) is 20.2 Å². The molecule has 1 N–H and O–H groups in total. The highest BCUT2D eigenvalue weighted by Crippen LogP contribution is 2.50. The van der Waals surface area contributed by atoms with Crippen molar-refractivity contribution in [2.75, 3.05) is 0 Å². The number of halogens is 7. The highest BCUT2D eigenvalue weighted by molar-refractivity contribution is 5.15. The number of hydrogen-bond donors (Lipinski definition) is 1. The number of aryl methyl sites for hydroxylation is 1. The summed E-state index contributed by atoms with van der Waals surface area (Å²) in [7, 11) is 0. The van der Waals surface area contributed by atoms with Crippen molar-refractivity contribution in [3.63, 3.8) is 0 Å². The molecule has 0 saturated heterocycles. The van der Waals surface area contributed by atoms with Crippen molar-refractivity contribution in [1.29, 1.82) is 0 Å². The number of unbranched alkanes of at least 4 members (excludes halogenated alkanes) is 5. The lowest BCUT2D eigenvalue weighted by molar-refractivity contribution is -0.361. The van der Waals surface area contributed by atoms with Gasteiger partial charge in [-0.3, -0.25) is 0 Å². The lowest BCUT2D eigenvalue weighted by Gasteiger charge is -2.36. The Labute approximate surface area is 167 Å².